The van der Waals surface area contributed by atoms with Crippen molar-refractivity contribution in [2.75, 3.05) is 0 Å². The SMILES string of the molecule is Cc1ccc(C2(c3ccc(C)cc3)OC(C)(c3ccccc3)NC2=O)cc1. The molecule has 1 aliphatic heterocycles. The Morgan fingerprint density at radius 2 is 1.19 bits per heavy atom. The van der Waals surface area contributed by atoms with Crippen LogP contribution in [0, 0.1) is 13.8 Å². The minimum Gasteiger partial charge on any atom is -0.326 e. The van der Waals surface area contributed by atoms with Crippen LogP contribution in [0.1, 0.15) is 34.7 Å². The highest BCUT2D eigenvalue weighted by Crippen LogP contribution is 2.45. The van der Waals surface area contributed by atoms with Gasteiger partial charge in [0.05, 0.1) is 0 Å². The minimum absolute atomic E-state index is 0.151. The molecule has 0 aromatic heterocycles. The van der Waals surface area contributed by atoms with E-state index in [1.807, 2.05) is 99.6 Å². The van der Waals surface area contributed by atoms with Crippen LogP contribution in [0.25, 0.3) is 0 Å². The molecule has 1 atom stereocenters. The Labute approximate surface area is 160 Å². The van der Waals surface area contributed by atoms with E-state index in [-0.39, 0.29) is 5.91 Å². The number of amides is 1. The predicted molar refractivity (Wildman–Crippen MR) is 106 cm³/mol. The summed E-state index contributed by atoms with van der Waals surface area (Å²) in [5, 5.41) is 3.10. The monoisotopic (exact) mass is 357 g/mol. The van der Waals surface area contributed by atoms with E-state index in [1.165, 1.54) is 0 Å². The van der Waals surface area contributed by atoms with Gasteiger partial charge in [-0.05, 0) is 31.9 Å². The predicted octanol–water partition coefficient (Wildman–Crippen LogP) is 4.57. The molecule has 0 radical (unpaired) electrons. The molecule has 0 bridgehead atoms. The molecule has 1 N–H and O–H groups in total. The smallest absolute Gasteiger partial charge is 0.264 e. The van der Waals surface area contributed by atoms with Crippen molar-refractivity contribution in [3.8, 4) is 0 Å². The third-order valence-corrected chi connectivity index (χ3v) is 5.27. The highest BCUT2D eigenvalue weighted by molar-refractivity contribution is 5.92. The van der Waals surface area contributed by atoms with Crippen molar-refractivity contribution in [2.24, 2.45) is 0 Å². The van der Waals surface area contributed by atoms with Crippen LogP contribution in [0.5, 0.6) is 0 Å². The second-order valence-corrected chi connectivity index (χ2v) is 7.37. The molecule has 1 heterocycles. The van der Waals surface area contributed by atoms with Gasteiger partial charge in [0.15, 0.2) is 11.3 Å². The molecule has 3 heteroatoms. The molecule has 0 spiro atoms. The Morgan fingerprint density at radius 1 is 0.704 bits per heavy atom. The number of carbonyl (C=O) groups excluding carboxylic acids is 1. The van der Waals surface area contributed by atoms with Crippen molar-refractivity contribution in [1.29, 1.82) is 0 Å². The maximum absolute atomic E-state index is 13.4. The number of hydrogen-bond donors (Lipinski definition) is 1. The molecule has 0 aliphatic carbocycles. The Morgan fingerprint density at radius 3 is 1.67 bits per heavy atom. The van der Waals surface area contributed by atoms with Crippen LogP contribution in [0.2, 0.25) is 0 Å². The fraction of sp³-hybridized carbons (Fsp3) is 0.208. The highest BCUT2D eigenvalue weighted by atomic mass is 16.6. The number of nitrogens with one attached hydrogen (secondary N) is 1. The van der Waals surface area contributed by atoms with Gasteiger partial charge in [-0.15, -0.1) is 0 Å². The lowest BCUT2D eigenvalue weighted by Crippen LogP contribution is -2.38. The van der Waals surface area contributed by atoms with E-state index in [0.717, 1.165) is 27.8 Å². The third-order valence-electron chi connectivity index (χ3n) is 5.27. The molecule has 27 heavy (non-hydrogen) atoms. The molecule has 1 amide bonds. The van der Waals surface area contributed by atoms with Gasteiger partial charge >= 0.3 is 0 Å². The molecule has 1 aliphatic rings. The van der Waals surface area contributed by atoms with Gasteiger partial charge in [0, 0.05) is 5.56 Å². The summed E-state index contributed by atoms with van der Waals surface area (Å²) >= 11 is 0. The first-order valence-electron chi connectivity index (χ1n) is 9.17. The summed E-state index contributed by atoms with van der Waals surface area (Å²) in [6, 6.07) is 25.8. The fourth-order valence-corrected chi connectivity index (χ4v) is 3.69. The molecule has 1 saturated heterocycles. The van der Waals surface area contributed by atoms with Crippen molar-refractivity contribution >= 4 is 5.91 Å². The van der Waals surface area contributed by atoms with Crippen molar-refractivity contribution in [2.45, 2.75) is 32.1 Å². The Balaban J connectivity index is 1.90. The maximum atomic E-state index is 13.4. The van der Waals surface area contributed by atoms with E-state index in [1.54, 1.807) is 0 Å². The molecule has 1 unspecified atom stereocenters. The van der Waals surface area contributed by atoms with Crippen LogP contribution in [-0.2, 0) is 20.9 Å². The normalized spacial score (nSPS) is 21.1. The van der Waals surface area contributed by atoms with Crippen LogP contribution in [0.4, 0.5) is 0 Å². The van der Waals surface area contributed by atoms with Crippen molar-refractivity contribution in [3.05, 3.63) is 107 Å². The number of ether oxygens (including phenoxy) is 1. The number of aryl methyl sites for hydroxylation is 2. The second-order valence-electron chi connectivity index (χ2n) is 7.37. The number of benzene rings is 3. The lowest BCUT2D eigenvalue weighted by Gasteiger charge is -2.31. The van der Waals surface area contributed by atoms with Crippen LogP contribution in [0.15, 0.2) is 78.9 Å². The highest BCUT2D eigenvalue weighted by Gasteiger charge is 2.56. The summed E-state index contributed by atoms with van der Waals surface area (Å²) in [4.78, 5) is 13.4. The van der Waals surface area contributed by atoms with Crippen LogP contribution >= 0.6 is 0 Å². The summed E-state index contributed by atoms with van der Waals surface area (Å²) in [7, 11) is 0. The molecule has 0 saturated carbocycles. The molecule has 3 nitrogen and oxygen atoms in total. The molecule has 136 valence electrons. The van der Waals surface area contributed by atoms with E-state index < -0.39 is 11.3 Å². The van der Waals surface area contributed by atoms with Gasteiger partial charge in [0.1, 0.15) is 0 Å². The fourth-order valence-electron chi connectivity index (χ4n) is 3.69. The zero-order valence-electron chi connectivity index (χ0n) is 15.8. The average Bonchev–Trinajstić information content (AvgIpc) is 2.96. The van der Waals surface area contributed by atoms with Crippen LogP contribution in [0.3, 0.4) is 0 Å². The summed E-state index contributed by atoms with van der Waals surface area (Å²) in [5.74, 6) is -0.151. The second kappa shape index (κ2) is 6.36. The van der Waals surface area contributed by atoms with Crippen molar-refractivity contribution in [1.82, 2.24) is 5.32 Å². The average molecular weight is 357 g/mol. The van der Waals surface area contributed by atoms with E-state index in [4.69, 9.17) is 4.74 Å². The summed E-state index contributed by atoms with van der Waals surface area (Å²) in [5.41, 5.74) is 2.76. The summed E-state index contributed by atoms with van der Waals surface area (Å²) < 4.78 is 6.63. The first-order valence-corrected chi connectivity index (χ1v) is 9.17. The molecule has 4 rings (SSSR count). The molecule has 1 fully saturated rings. The summed E-state index contributed by atoms with van der Waals surface area (Å²) in [6.45, 7) is 5.97. The first-order chi connectivity index (χ1) is 12.9. The third kappa shape index (κ3) is 2.84. The first kappa shape index (κ1) is 17.5. The quantitative estimate of drug-likeness (QED) is 0.746. The van der Waals surface area contributed by atoms with E-state index in [0.29, 0.717) is 0 Å². The van der Waals surface area contributed by atoms with Gasteiger partial charge in [-0.2, -0.15) is 0 Å². The van der Waals surface area contributed by atoms with Crippen LogP contribution < -0.4 is 5.32 Å². The lowest BCUT2D eigenvalue weighted by atomic mass is 9.85. The van der Waals surface area contributed by atoms with E-state index in [2.05, 4.69) is 5.32 Å². The molecule has 3 aromatic carbocycles. The van der Waals surface area contributed by atoms with Crippen LogP contribution in [-0.4, -0.2) is 5.91 Å². The van der Waals surface area contributed by atoms with Gasteiger partial charge in [-0.3, -0.25) is 4.79 Å². The maximum Gasteiger partial charge on any atom is 0.264 e. The van der Waals surface area contributed by atoms with Gasteiger partial charge in [-0.1, -0.05) is 90.0 Å². The molecule has 3 aromatic rings. The topological polar surface area (TPSA) is 38.3 Å². The number of rotatable bonds is 3. The van der Waals surface area contributed by atoms with Gasteiger partial charge < -0.3 is 10.1 Å². The Kier molecular flexibility index (Phi) is 4.12. The molecular formula is C24H23NO2. The van der Waals surface area contributed by atoms with E-state index >= 15 is 0 Å². The Bertz CT molecular complexity index is 916. The standard InChI is InChI=1S/C24H23NO2/c1-17-9-13-20(14-10-17)24(21-15-11-18(2)12-16-21)22(26)25-23(3,27-24)19-7-5-4-6-8-19/h4-16H,1-3H3,(H,25,26). The van der Waals surface area contributed by atoms with Gasteiger partial charge in [0.25, 0.3) is 5.91 Å². The van der Waals surface area contributed by atoms with Crippen molar-refractivity contribution < 1.29 is 9.53 Å². The van der Waals surface area contributed by atoms with Gasteiger partial charge in [-0.25, -0.2) is 0 Å². The largest absolute Gasteiger partial charge is 0.326 e. The number of hydrogen-bond acceptors (Lipinski definition) is 2. The van der Waals surface area contributed by atoms with Crippen molar-refractivity contribution in [3.63, 3.8) is 0 Å². The Hall–Kier alpha value is -2.91. The zero-order chi connectivity index (χ0) is 19.1. The summed E-state index contributed by atoms with van der Waals surface area (Å²) in [6.07, 6.45) is 0. The lowest BCUT2D eigenvalue weighted by molar-refractivity contribution is -0.134. The minimum atomic E-state index is -1.19. The molecular weight excluding hydrogens is 334 g/mol. The van der Waals surface area contributed by atoms with E-state index in [9.17, 15) is 4.79 Å². The number of carbonyl (C=O) groups is 1. The van der Waals surface area contributed by atoms with Gasteiger partial charge in [0.2, 0.25) is 0 Å². The zero-order valence-corrected chi connectivity index (χ0v) is 15.8.